The SMILES string of the molecule is CC1CC1C1CC(C(=O)O)C(C2CCC2)O1. The van der Waals surface area contributed by atoms with Crippen LogP contribution >= 0.6 is 0 Å². The first-order valence-electron chi connectivity index (χ1n) is 6.55. The van der Waals surface area contributed by atoms with Crippen molar-refractivity contribution in [3.63, 3.8) is 0 Å². The number of carbonyl (C=O) groups is 1. The summed E-state index contributed by atoms with van der Waals surface area (Å²) in [6.45, 7) is 2.24. The number of aliphatic carboxylic acids is 1. The van der Waals surface area contributed by atoms with E-state index in [1.165, 1.54) is 25.7 Å². The highest BCUT2D eigenvalue weighted by molar-refractivity contribution is 5.71. The Bertz CT molecular complexity index is 298. The van der Waals surface area contributed by atoms with Crippen LogP contribution in [0.15, 0.2) is 0 Å². The minimum atomic E-state index is -0.646. The van der Waals surface area contributed by atoms with Crippen LogP contribution in [0.5, 0.6) is 0 Å². The Morgan fingerprint density at radius 2 is 2.00 bits per heavy atom. The molecule has 1 heterocycles. The molecule has 0 radical (unpaired) electrons. The maximum atomic E-state index is 11.2. The van der Waals surface area contributed by atoms with Crippen molar-refractivity contribution in [2.75, 3.05) is 0 Å². The number of carboxylic acids is 1. The molecule has 3 heteroatoms. The van der Waals surface area contributed by atoms with Crippen LogP contribution in [0, 0.1) is 23.7 Å². The Kier molecular flexibility index (Phi) is 2.46. The average molecular weight is 224 g/mol. The summed E-state index contributed by atoms with van der Waals surface area (Å²) in [5.41, 5.74) is 0. The molecule has 16 heavy (non-hydrogen) atoms. The van der Waals surface area contributed by atoms with Crippen molar-refractivity contribution in [2.45, 2.75) is 51.2 Å². The van der Waals surface area contributed by atoms with Crippen LogP contribution in [-0.4, -0.2) is 23.3 Å². The third kappa shape index (κ3) is 1.65. The van der Waals surface area contributed by atoms with Gasteiger partial charge >= 0.3 is 5.97 Å². The van der Waals surface area contributed by atoms with E-state index in [4.69, 9.17) is 4.74 Å². The van der Waals surface area contributed by atoms with E-state index in [1.807, 2.05) is 0 Å². The maximum absolute atomic E-state index is 11.2. The quantitative estimate of drug-likeness (QED) is 0.800. The molecule has 0 bridgehead atoms. The van der Waals surface area contributed by atoms with Gasteiger partial charge in [0.1, 0.15) is 0 Å². The van der Waals surface area contributed by atoms with Crippen LogP contribution in [0.2, 0.25) is 0 Å². The number of hydrogen-bond acceptors (Lipinski definition) is 2. The van der Waals surface area contributed by atoms with E-state index in [0.29, 0.717) is 11.8 Å². The molecule has 3 nitrogen and oxygen atoms in total. The van der Waals surface area contributed by atoms with Crippen molar-refractivity contribution in [2.24, 2.45) is 23.7 Å². The molecule has 0 amide bonds. The molecular formula is C13H20O3. The average Bonchev–Trinajstić information content (AvgIpc) is 2.72. The van der Waals surface area contributed by atoms with E-state index in [-0.39, 0.29) is 18.1 Å². The van der Waals surface area contributed by atoms with Crippen LogP contribution in [0.25, 0.3) is 0 Å². The summed E-state index contributed by atoms with van der Waals surface area (Å²) >= 11 is 0. The topological polar surface area (TPSA) is 46.5 Å². The molecule has 0 aromatic heterocycles. The number of rotatable bonds is 3. The van der Waals surface area contributed by atoms with Gasteiger partial charge in [0, 0.05) is 0 Å². The molecule has 2 saturated carbocycles. The fourth-order valence-electron chi connectivity index (χ4n) is 3.33. The standard InChI is InChI=1S/C13H20O3/c1-7-5-9(7)11-6-10(13(14)15)12(16-11)8-3-2-4-8/h7-12H,2-6H2,1H3,(H,14,15). The second-order valence-corrected chi connectivity index (χ2v) is 5.89. The molecule has 1 saturated heterocycles. The minimum Gasteiger partial charge on any atom is -0.481 e. The molecule has 2 aliphatic carbocycles. The Labute approximate surface area is 96.2 Å². The van der Waals surface area contributed by atoms with Crippen molar-refractivity contribution in [1.29, 1.82) is 0 Å². The normalized spacial score (nSPS) is 47.7. The van der Waals surface area contributed by atoms with E-state index in [9.17, 15) is 9.90 Å². The summed E-state index contributed by atoms with van der Waals surface area (Å²) in [6, 6.07) is 0. The minimum absolute atomic E-state index is 0.0176. The summed E-state index contributed by atoms with van der Waals surface area (Å²) in [7, 11) is 0. The smallest absolute Gasteiger partial charge is 0.309 e. The van der Waals surface area contributed by atoms with Gasteiger partial charge in [0.25, 0.3) is 0 Å². The zero-order chi connectivity index (χ0) is 11.3. The highest BCUT2D eigenvalue weighted by atomic mass is 16.5. The molecule has 3 aliphatic rings. The lowest BCUT2D eigenvalue weighted by molar-refractivity contribution is -0.145. The van der Waals surface area contributed by atoms with Crippen LogP contribution in [0.4, 0.5) is 0 Å². The van der Waals surface area contributed by atoms with Crippen molar-refractivity contribution in [3.05, 3.63) is 0 Å². The second-order valence-electron chi connectivity index (χ2n) is 5.89. The van der Waals surface area contributed by atoms with E-state index in [0.717, 1.165) is 12.3 Å². The first-order chi connectivity index (χ1) is 7.66. The second kappa shape index (κ2) is 3.73. The van der Waals surface area contributed by atoms with Gasteiger partial charge in [-0.25, -0.2) is 0 Å². The van der Waals surface area contributed by atoms with Crippen molar-refractivity contribution < 1.29 is 14.6 Å². The van der Waals surface area contributed by atoms with E-state index >= 15 is 0 Å². The molecule has 0 aromatic carbocycles. The first kappa shape index (κ1) is 10.6. The summed E-state index contributed by atoms with van der Waals surface area (Å²) in [5, 5.41) is 9.26. The lowest BCUT2D eigenvalue weighted by atomic mass is 9.76. The largest absolute Gasteiger partial charge is 0.481 e. The zero-order valence-corrected chi connectivity index (χ0v) is 9.76. The lowest BCUT2D eigenvalue weighted by Gasteiger charge is -2.33. The van der Waals surface area contributed by atoms with Gasteiger partial charge in [0.2, 0.25) is 0 Å². The monoisotopic (exact) mass is 224 g/mol. The van der Waals surface area contributed by atoms with Crippen LogP contribution in [0.1, 0.15) is 39.0 Å². The maximum Gasteiger partial charge on any atom is 0.309 e. The molecule has 3 rings (SSSR count). The van der Waals surface area contributed by atoms with E-state index in [2.05, 4.69) is 6.92 Å². The van der Waals surface area contributed by atoms with Crippen molar-refractivity contribution in [1.82, 2.24) is 0 Å². The van der Waals surface area contributed by atoms with Gasteiger partial charge in [-0.05, 0) is 43.4 Å². The van der Waals surface area contributed by atoms with E-state index < -0.39 is 5.97 Å². The third-order valence-corrected chi connectivity index (χ3v) is 4.80. The van der Waals surface area contributed by atoms with Gasteiger partial charge < -0.3 is 9.84 Å². The molecule has 0 aromatic rings. The molecule has 5 atom stereocenters. The Hall–Kier alpha value is -0.570. The first-order valence-corrected chi connectivity index (χ1v) is 6.55. The molecule has 0 spiro atoms. The molecule has 90 valence electrons. The Morgan fingerprint density at radius 1 is 1.31 bits per heavy atom. The number of hydrogen-bond donors (Lipinski definition) is 1. The fourth-order valence-corrected chi connectivity index (χ4v) is 3.33. The number of carboxylic acid groups (broad SMARTS) is 1. The van der Waals surface area contributed by atoms with Crippen LogP contribution in [-0.2, 0) is 9.53 Å². The highest BCUT2D eigenvalue weighted by Gasteiger charge is 2.51. The fraction of sp³-hybridized carbons (Fsp3) is 0.923. The van der Waals surface area contributed by atoms with Crippen LogP contribution in [0.3, 0.4) is 0 Å². The van der Waals surface area contributed by atoms with Gasteiger partial charge in [-0.1, -0.05) is 13.3 Å². The molecule has 1 aliphatic heterocycles. The van der Waals surface area contributed by atoms with Crippen molar-refractivity contribution >= 4 is 5.97 Å². The van der Waals surface area contributed by atoms with Gasteiger partial charge in [-0.3, -0.25) is 4.79 Å². The Balaban J connectivity index is 1.68. The third-order valence-electron chi connectivity index (χ3n) is 4.80. The molecule has 5 unspecified atom stereocenters. The summed E-state index contributed by atoms with van der Waals surface area (Å²) in [6.07, 6.45) is 5.83. The zero-order valence-electron chi connectivity index (χ0n) is 9.76. The summed E-state index contributed by atoms with van der Waals surface area (Å²) < 4.78 is 6.05. The van der Waals surface area contributed by atoms with Gasteiger partial charge in [0.05, 0.1) is 18.1 Å². The molecular weight excluding hydrogens is 204 g/mol. The molecule has 1 N–H and O–H groups in total. The predicted molar refractivity (Wildman–Crippen MR) is 59.0 cm³/mol. The van der Waals surface area contributed by atoms with Crippen molar-refractivity contribution in [3.8, 4) is 0 Å². The van der Waals surface area contributed by atoms with Gasteiger partial charge in [0.15, 0.2) is 0 Å². The van der Waals surface area contributed by atoms with Gasteiger partial charge in [-0.15, -0.1) is 0 Å². The van der Waals surface area contributed by atoms with Gasteiger partial charge in [-0.2, -0.15) is 0 Å². The summed E-state index contributed by atoms with van der Waals surface area (Å²) in [4.78, 5) is 11.2. The Morgan fingerprint density at radius 3 is 2.44 bits per heavy atom. The molecule has 3 fully saturated rings. The predicted octanol–water partition coefficient (Wildman–Crippen LogP) is 2.30. The van der Waals surface area contributed by atoms with Crippen LogP contribution < -0.4 is 0 Å². The highest BCUT2D eigenvalue weighted by Crippen LogP contribution is 2.50. The van der Waals surface area contributed by atoms with E-state index in [1.54, 1.807) is 0 Å². The summed E-state index contributed by atoms with van der Waals surface area (Å²) in [5.74, 6) is 1.04. The number of ether oxygens (including phenoxy) is 1. The lowest BCUT2D eigenvalue weighted by Crippen LogP contribution is -2.35.